The number of rotatable bonds is 4. The number of nitrogens with one attached hydrogen (secondary N) is 1. The molecule has 0 spiro atoms. The molecule has 0 atom stereocenters. The van der Waals surface area contributed by atoms with Gasteiger partial charge in [-0.15, -0.1) is 11.3 Å². The molecule has 0 aromatic carbocycles. The summed E-state index contributed by atoms with van der Waals surface area (Å²) >= 11 is 7.82. The summed E-state index contributed by atoms with van der Waals surface area (Å²) in [7, 11) is 0. The van der Waals surface area contributed by atoms with Crippen LogP contribution >= 0.6 is 22.9 Å². The molecule has 2 heterocycles. The second kappa shape index (κ2) is 5.84. The topological polar surface area (TPSA) is 50.7 Å². The van der Waals surface area contributed by atoms with E-state index in [1.54, 1.807) is 11.3 Å². The normalized spacial score (nSPS) is 10.8. The van der Waals surface area contributed by atoms with Gasteiger partial charge >= 0.3 is 0 Å². The first kappa shape index (κ1) is 14.2. The minimum Gasteiger partial charge on any atom is -0.364 e. The van der Waals surface area contributed by atoms with Crippen molar-refractivity contribution in [1.82, 2.24) is 15.0 Å². The fourth-order valence-corrected chi connectivity index (χ4v) is 2.79. The van der Waals surface area contributed by atoms with Crippen molar-refractivity contribution in [3.63, 3.8) is 0 Å². The summed E-state index contributed by atoms with van der Waals surface area (Å²) in [6.45, 7) is 8.69. The zero-order chi connectivity index (χ0) is 14.0. The van der Waals surface area contributed by atoms with Crippen LogP contribution in [0.2, 0.25) is 5.15 Å². The van der Waals surface area contributed by atoms with E-state index < -0.39 is 0 Å². The predicted octanol–water partition coefficient (Wildman–Crippen LogP) is 3.69. The summed E-state index contributed by atoms with van der Waals surface area (Å²) in [5.74, 6) is 1.55. The van der Waals surface area contributed by atoms with E-state index in [1.165, 1.54) is 4.88 Å². The van der Waals surface area contributed by atoms with Crippen molar-refractivity contribution >= 4 is 28.8 Å². The fraction of sp³-hybridized carbons (Fsp3) is 0.462. The van der Waals surface area contributed by atoms with Gasteiger partial charge in [0.25, 0.3) is 0 Å². The van der Waals surface area contributed by atoms with Crippen LogP contribution in [0.3, 0.4) is 0 Å². The van der Waals surface area contributed by atoms with Crippen LogP contribution in [-0.2, 0) is 13.0 Å². The first-order valence-corrected chi connectivity index (χ1v) is 7.40. The Labute approximate surface area is 122 Å². The lowest BCUT2D eigenvalue weighted by Crippen LogP contribution is -2.08. The number of nitrogens with zero attached hydrogens (tertiary/aromatic N) is 3. The van der Waals surface area contributed by atoms with Crippen LogP contribution in [0.15, 0.2) is 0 Å². The van der Waals surface area contributed by atoms with Gasteiger partial charge in [-0.25, -0.2) is 15.0 Å². The molecule has 19 heavy (non-hydrogen) atoms. The van der Waals surface area contributed by atoms with Crippen LogP contribution in [0.1, 0.15) is 33.9 Å². The monoisotopic (exact) mass is 296 g/mol. The van der Waals surface area contributed by atoms with Gasteiger partial charge in [-0.3, -0.25) is 0 Å². The highest BCUT2D eigenvalue weighted by atomic mass is 35.5. The summed E-state index contributed by atoms with van der Waals surface area (Å²) in [4.78, 5) is 14.4. The molecular weight excluding hydrogens is 280 g/mol. The quantitative estimate of drug-likeness (QED) is 0.874. The molecule has 6 heteroatoms. The molecule has 1 N–H and O–H groups in total. The van der Waals surface area contributed by atoms with Crippen molar-refractivity contribution < 1.29 is 0 Å². The number of thiazole rings is 1. The minimum atomic E-state index is 0.514. The molecule has 0 aliphatic heterocycles. The van der Waals surface area contributed by atoms with E-state index in [0.29, 0.717) is 11.7 Å². The molecule has 0 aliphatic carbocycles. The van der Waals surface area contributed by atoms with E-state index in [-0.39, 0.29) is 0 Å². The van der Waals surface area contributed by atoms with Crippen LogP contribution in [0.4, 0.5) is 5.82 Å². The highest BCUT2D eigenvalue weighted by molar-refractivity contribution is 7.11. The SMILES string of the molecule is CCc1nc(Cl)c(C)c(NCc2nc(C)sc2C)n1. The molecule has 4 nitrogen and oxygen atoms in total. The molecule has 0 aliphatic rings. The lowest BCUT2D eigenvalue weighted by atomic mass is 10.3. The summed E-state index contributed by atoms with van der Waals surface area (Å²) in [6, 6.07) is 0. The van der Waals surface area contributed by atoms with Gasteiger partial charge in [-0.05, 0) is 20.8 Å². The number of hydrogen-bond donors (Lipinski definition) is 1. The fourth-order valence-electron chi connectivity index (χ4n) is 1.77. The molecule has 0 saturated heterocycles. The Morgan fingerprint density at radius 2 is 1.89 bits per heavy atom. The highest BCUT2D eigenvalue weighted by Crippen LogP contribution is 2.22. The van der Waals surface area contributed by atoms with Gasteiger partial charge in [0.2, 0.25) is 0 Å². The maximum Gasteiger partial charge on any atom is 0.137 e. The van der Waals surface area contributed by atoms with E-state index in [9.17, 15) is 0 Å². The van der Waals surface area contributed by atoms with Gasteiger partial charge < -0.3 is 5.32 Å². The zero-order valence-corrected chi connectivity index (χ0v) is 13.1. The number of aryl methyl sites for hydroxylation is 3. The third-order valence-electron chi connectivity index (χ3n) is 2.87. The van der Waals surface area contributed by atoms with Gasteiger partial charge in [-0.1, -0.05) is 18.5 Å². The highest BCUT2D eigenvalue weighted by Gasteiger charge is 2.10. The number of aromatic nitrogens is 3. The second-order valence-corrected chi connectivity index (χ2v) is 6.11. The molecular formula is C13H17ClN4S. The predicted molar refractivity (Wildman–Crippen MR) is 80.1 cm³/mol. The van der Waals surface area contributed by atoms with Crippen LogP contribution in [0.5, 0.6) is 0 Å². The van der Waals surface area contributed by atoms with Crippen LogP contribution in [0.25, 0.3) is 0 Å². The Kier molecular flexibility index (Phi) is 4.37. The Bertz CT molecular complexity index is 595. The number of anilines is 1. The van der Waals surface area contributed by atoms with Gasteiger partial charge in [-0.2, -0.15) is 0 Å². The van der Waals surface area contributed by atoms with Gasteiger partial charge in [0.05, 0.1) is 17.2 Å². The summed E-state index contributed by atoms with van der Waals surface area (Å²) in [6.07, 6.45) is 0.767. The molecule has 0 radical (unpaired) electrons. The lowest BCUT2D eigenvalue weighted by molar-refractivity contribution is 0.917. The summed E-state index contributed by atoms with van der Waals surface area (Å²) in [5.41, 5.74) is 1.94. The van der Waals surface area contributed by atoms with Crippen molar-refractivity contribution in [2.45, 2.75) is 40.7 Å². The molecule has 2 rings (SSSR count). The largest absolute Gasteiger partial charge is 0.364 e. The molecule has 0 saturated carbocycles. The molecule has 102 valence electrons. The Morgan fingerprint density at radius 3 is 2.47 bits per heavy atom. The van der Waals surface area contributed by atoms with Crippen LogP contribution in [0, 0.1) is 20.8 Å². The van der Waals surface area contributed by atoms with Crippen molar-refractivity contribution in [3.8, 4) is 0 Å². The van der Waals surface area contributed by atoms with E-state index in [2.05, 4.69) is 27.2 Å². The van der Waals surface area contributed by atoms with E-state index in [0.717, 1.165) is 34.3 Å². The molecule has 0 amide bonds. The standard InChI is InChI=1S/C13H17ClN4S/c1-5-11-17-12(14)7(2)13(18-11)15-6-10-8(3)19-9(4)16-10/h5-6H2,1-4H3,(H,15,17,18). The molecule has 0 bridgehead atoms. The van der Waals surface area contributed by atoms with Crippen LogP contribution < -0.4 is 5.32 Å². The Balaban J connectivity index is 2.19. The van der Waals surface area contributed by atoms with Gasteiger partial charge in [0, 0.05) is 16.9 Å². The van der Waals surface area contributed by atoms with Crippen molar-refractivity contribution in [1.29, 1.82) is 0 Å². The van der Waals surface area contributed by atoms with E-state index in [1.807, 2.05) is 20.8 Å². The van der Waals surface area contributed by atoms with Gasteiger partial charge in [0.1, 0.15) is 16.8 Å². The summed E-state index contributed by atoms with van der Waals surface area (Å²) < 4.78 is 0. The van der Waals surface area contributed by atoms with Crippen molar-refractivity contribution in [2.75, 3.05) is 5.32 Å². The number of halogens is 1. The average Bonchev–Trinajstić information content (AvgIpc) is 2.69. The first-order chi connectivity index (χ1) is 9.01. The average molecular weight is 297 g/mol. The molecule has 2 aromatic rings. The summed E-state index contributed by atoms with van der Waals surface area (Å²) in [5, 5.41) is 4.91. The molecule has 2 aromatic heterocycles. The molecule has 0 unspecified atom stereocenters. The lowest BCUT2D eigenvalue weighted by Gasteiger charge is -2.10. The van der Waals surface area contributed by atoms with E-state index >= 15 is 0 Å². The van der Waals surface area contributed by atoms with Crippen molar-refractivity contribution in [3.05, 3.63) is 32.1 Å². The Hall–Kier alpha value is -1.20. The van der Waals surface area contributed by atoms with Gasteiger partial charge in [0.15, 0.2) is 0 Å². The minimum absolute atomic E-state index is 0.514. The van der Waals surface area contributed by atoms with Crippen molar-refractivity contribution in [2.24, 2.45) is 0 Å². The zero-order valence-electron chi connectivity index (χ0n) is 11.5. The first-order valence-electron chi connectivity index (χ1n) is 6.21. The van der Waals surface area contributed by atoms with Crippen LogP contribution in [-0.4, -0.2) is 15.0 Å². The second-order valence-electron chi connectivity index (χ2n) is 4.35. The third-order valence-corrected chi connectivity index (χ3v) is 4.17. The smallest absolute Gasteiger partial charge is 0.137 e. The molecule has 0 fully saturated rings. The third kappa shape index (κ3) is 3.22. The Morgan fingerprint density at radius 1 is 1.16 bits per heavy atom. The number of hydrogen-bond acceptors (Lipinski definition) is 5. The van der Waals surface area contributed by atoms with E-state index in [4.69, 9.17) is 11.6 Å². The maximum atomic E-state index is 6.11. The maximum absolute atomic E-state index is 6.11.